The highest BCUT2D eigenvalue weighted by Gasteiger charge is 2.11. The molecule has 1 rings (SSSR count). The molecule has 1 amide bonds. The van der Waals surface area contributed by atoms with Crippen molar-refractivity contribution >= 4 is 18.0 Å². The van der Waals surface area contributed by atoms with Crippen molar-refractivity contribution in [3.05, 3.63) is 95.2 Å². The Hall–Kier alpha value is -2.52. The smallest absolute Gasteiger partial charge is 0.211 e. The molecule has 1 N–H and O–H groups in total. The largest absolute Gasteiger partial charge is 0.328 e. The predicted octanol–water partition coefficient (Wildman–Crippen LogP) is 5.45. The van der Waals surface area contributed by atoms with Crippen molar-refractivity contribution in [3.63, 3.8) is 0 Å². The fourth-order valence-corrected chi connectivity index (χ4v) is 2.59. The minimum atomic E-state index is 0.654. The number of halogens is 1. The number of carbonyl (C=O) groups excluding carboxylic acids is 1. The van der Waals surface area contributed by atoms with Crippen LogP contribution in [0, 0.1) is 0 Å². The van der Waals surface area contributed by atoms with E-state index < -0.39 is 0 Å². The van der Waals surface area contributed by atoms with E-state index in [-0.39, 0.29) is 0 Å². The molecule has 1 heterocycles. The van der Waals surface area contributed by atoms with Crippen molar-refractivity contribution in [3.8, 4) is 0 Å². The van der Waals surface area contributed by atoms with Crippen molar-refractivity contribution in [2.24, 2.45) is 0 Å². The van der Waals surface area contributed by atoms with Crippen LogP contribution in [0.15, 0.2) is 95.2 Å². The summed E-state index contributed by atoms with van der Waals surface area (Å²) < 4.78 is 0. The summed E-state index contributed by atoms with van der Waals surface area (Å²) in [4.78, 5) is 12.9. The average molecular weight is 357 g/mol. The third-order valence-corrected chi connectivity index (χ3v) is 4.02. The number of allylic oxidation sites excluding steroid dienone is 9. The van der Waals surface area contributed by atoms with Gasteiger partial charge in [0.2, 0.25) is 6.41 Å². The number of carbonyl (C=O) groups is 1. The quantitative estimate of drug-likeness (QED) is 0.463. The van der Waals surface area contributed by atoms with E-state index in [0.29, 0.717) is 11.4 Å². The average Bonchev–Trinajstić information content (AvgIpc) is 2.60. The summed E-state index contributed by atoms with van der Waals surface area (Å²) in [6.07, 6.45) is 16.4. The fraction of sp³-hybridized carbons (Fsp3) is 0.190. The molecule has 0 radical (unpaired) electrons. The van der Waals surface area contributed by atoms with Crippen LogP contribution in [0.25, 0.3) is 0 Å². The summed E-state index contributed by atoms with van der Waals surface area (Å²) in [6.45, 7) is 13.8. The van der Waals surface area contributed by atoms with Gasteiger partial charge in [0, 0.05) is 34.4 Å². The lowest BCUT2D eigenvalue weighted by Gasteiger charge is -2.22. The van der Waals surface area contributed by atoms with Crippen molar-refractivity contribution in [1.82, 2.24) is 10.2 Å². The van der Waals surface area contributed by atoms with Crippen LogP contribution in [0.2, 0.25) is 0 Å². The predicted molar refractivity (Wildman–Crippen MR) is 107 cm³/mol. The number of hydrogen-bond acceptors (Lipinski definition) is 2. The van der Waals surface area contributed by atoms with Gasteiger partial charge in [0.05, 0.1) is 0 Å². The SMILES string of the molecule is C=C\C=C/C(C(=C\C)/NC=O)=C(C)\C(=C\N1C=CC(Cl)=CC1=C)CC. The van der Waals surface area contributed by atoms with Gasteiger partial charge in [0.1, 0.15) is 0 Å². The lowest BCUT2D eigenvalue weighted by molar-refractivity contribution is -0.108. The second-order valence-corrected chi connectivity index (χ2v) is 5.79. The van der Waals surface area contributed by atoms with Crippen LogP contribution in [0.4, 0.5) is 0 Å². The molecule has 0 saturated heterocycles. The number of nitrogens with one attached hydrogen (secondary N) is 1. The minimum Gasteiger partial charge on any atom is -0.328 e. The van der Waals surface area contributed by atoms with Gasteiger partial charge in [-0.1, -0.05) is 56.0 Å². The zero-order chi connectivity index (χ0) is 18.8. The molecule has 0 aromatic heterocycles. The molecule has 3 nitrogen and oxygen atoms in total. The van der Waals surface area contributed by atoms with Gasteiger partial charge >= 0.3 is 0 Å². The van der Waals surface area contributed by atoms with E-state index in [4.69, 9.17) is 11.6 Å². The van der Waals surface area contributed by atoms with Crippen molar-refractivity contribution in [2.45, 2.75) is 27.2 Å². The normalized spacial score (nSPS) is 16.7. The summed E-state index contributed by atoms with van der Waals surface area (Å²) in [5.74, 6) is 0. The summed E-state index contributed by atoms with van der Waals surface area (Å²) in [5, 5.41) is 3.41. The summed E-state index contributed by atoms with van der Waals surface area (Å²) in [5.41, 5.74) is 4.66. The highest BCUT2D eigenvalue weighted by atomic mass is 35.5. The maximum absolute atomic E-state index is 10.9. The van der Waals surface area contributed by atoms with Gasteiger partial charge in [0.15, 0.2) is 0 Å². The zero-order valence-corrected chi connectivity index (χ0v) is 15.8. The maximum atomic E-state index is 10.9. The maximum Gasteiger partial charge on any atom is 0.211 e. The monoisotopic (exact) mass is 356 g/mol. The summed E-state index contributed by atoms with van der Waals surface area (Å²) in [7, 11) is 0. The van der Waals surface area contributed by atoms with Crippen molar-refractivity contribution < 1.29 is 4.79 Å². The van der Waals surface area contributed by atoms with E-state index >= 15 is 0 Å². The highest BCUT2D eigenvalue weighted by Crippen LogP contribution is 2.26. The first-order valence-corrected chi connectivity index (χ1v) is 8.46. The first-order chi connectivity index (χ1) is 12.0. The Bertz CT molecular complexity index is 718. The third-order valence-electron chi connectivity index (χ3n) is 3.78. The first kappa shape index (κ1) is 20.5. The van der Waals surface area contributed by atoms with Gasteiger partial charge < -0.3 is 10.2 Å². The molecule has 0 fully saturated rings. The Morgan fingerprint density at radius 1 is 1.44 bits per heavy atom. The lowest BCUT2D eigenvalue weighted by atomic mass is 9.97. The number of amides is 1. The zero-order valence-electron chi connectivity index (χ0n) is 15.1. The molecule has 0 saturated carbocycles. The lowest BCUT2D eigenvalue weighted by Crippen LogP contribution is -2.14. The molecule has 0 spiro atoms. The van der Waals surface area contributed by atoms with Gasteiger partial charge in [-0.3, -0.25) is 4.79 Å². The first-order valence-electron chi connectivity index (χ1n) is 8.09. The molecule has 0 aromatic rings. The van der Waals surface area contributed by atoms with Crippen LogP contribution in [0.3, 0.4) is 0 Å². The van der Waals surface area contributed by atoms with Crippen molar-refractivity contribution in [2.75, 3.05) is 0 Å². The molecular formula is C21H25ClN2O. The van der Waals surface area contributed by atoms with E-state index in [0.717, 1.165) is 34.5 Å². The second-order valence-electron chi connectivity index (χ2n) is 5.35. The van der Waals surface area contributed by atoms with Crippen LogP contribution in [-0.4, -0.2) is 11.3 Å². The van der Waals surface area contributed by atoms with Gasteiger partial charge in [-0.15, -0.1) is 0 Å². The van der Waals surface area contributed by atoms with E-state index in [9.17, 15) is 4.79 Å². The van der Waals surface area contributed by atoms with Gasteiger partial charge in [-0.05, 0) is 43.6 Å². The Labute approximate surface area is 155 Å². The topological polar surface area (TPSA) is 32.3 Å². The number of nitrogens with zero attached hydrogens (tertiary/aromatic N) is 1. The Morgan fingerprint density at radius 2 is 2.16 bits per heavy atom. The van der Waals surface area contributed by atoms with Crippen LogP contribution in [-0.2, 0) is 4.79 Å². The third kappa shape index (κ3) is 5.80. The van der Waals surface area contributed by atoms with Gasteiger partial charge in [0.25, 0.3) is 0 Å². The Balaban J connectivity index is 3.38. The Morgan fingerprint density at radius 3 is 2.68 bits per heavy atom. The van der Waals surface area contributed by atoms with Crippen LogP contribution < -0.4 is 5.32 Å². The van der Waals surface area contributed by atoms with Crippen molar-refractivity contribution in [1.29, 1.82) is 0 Å². The number of rotatable bonds is 8. The van der Waals surface area contributed by atoms with E-state index in [1.54, 1.807) is 6.08 Å². The molecule has 132 valence electrons. The van der Waals surface area contributed by atoms with Crippen LogP contribution >= 0.6 is 11.6 Å². The summed E-state index contributed by atoms with van der Waals surface area (Å²) >= 11 is 6.00. The second kappa shape index (κ2) is 10.4. The molecule has 4 heteroatoms. The molecule has 0 bridgehead atoms. The molecule has 0 aliphatic carbocycles. The van der Waals surface area contributed by atoms with Gasteiger partial charge in [-0.25, -0.2) is 0 Å². The van der Waals surface area contributed by atoms with Crippen LogP contribution in [0.5, 0.6) is 0 Å². The summed E-state index contributed by atoms with van der Waals surface area (Å²) in [6, 6.07) is 0. The molecule has 0 atom stereocenters. The van der Waals surface area contributed by atoms with Gasteiger partial charge in [-0.2, -0.15) is 0 Å². The molecule has 1 aliphatic heterocycles. The fourth-order valence-electron chi connectivity index (χ4n) is 2.41. The minimum absolute atomic E-state index is 0.654. The molecule has 1 aliphatic rings. The standard InChI is InChI=1S/C21H25ClN2O/c1-6-9-10-20(21(8-3)23-15-25)17(5)18(7-2)14-24-12-11-19(22)13-16(24)4/h6,8-15H,1,4,7H2,2-3,5H3,(H,23,25)/b10-9-,18-14+,20-17+,21-8+. The molecule has 25 heavy (non-hydrogen) atoms. The van der Waals surface area contributed by atoms with Crippen LogP contribution in [0.1, 0.15) is 27.2 Å². The van der Waals surface area contributed by atoms with E-state index in [1.807, 2.05) is 61.5 Å². The highest BCUT2D eigenvalue weighted by molar-refractivity contribution is 6.31. The number of hydrogen-bond donors (Lipinski definition) is 1. The molecule has 0 unspecified atom stereocenters. The van der Waals surface area contributed by atoms with E-state index in [1.165, 1.54) is 0 Å². The molecular weight excluding hydrogens is 332 g/mol. The van der Waals surface area contributed by atoms with E-state index in [2.05, 4.69) is 25.4 Å². The molecule has 0 aromatic carbocycles. The Kier molecular flexibility index (Phi) is 8.51.